The molecule has 0 spiro atoms. The van der Waals surface area contributed by atoms with E-state index in [1.54, 1.807) is 11.8 Å². The van der Waals surface area contributed by atoms with Gasteiger partial charge in [0.15, 0.2) is 0 Å². The molecule has 0 saturated heterocycles. The van der Waals surface area contributed by atoms with Gasteiger partial charge in [-0.1, -0.05) is 73.3 Å². The highest BCUT2D eigenvalue weighted by atomic mass is 32.2. The maximum atomic E-state index is 12.4. The number of hydrogen-bond donors (Lipinski definition) is 1. The summed E-state index contributed by atoms with van der Waals surface area (Å²) < 4.78 is 0. The number of carbonyl (C=O) groups is 1. The van der Waals surface area contributed by atoms with Crippen LogP contribution >= 0.6 is 11.8 Å². The second kappa shape index (κ2) is 9.25. The first-order valence-corrected chi connectivity index (χ1v) is 9.76. The molecule has 0 aliphatic rings. The lowest BCUT2D eigenvalue weighted by atomic mass is 10.1. The summed E-state index contributed by atoms with van der Waals surface area (Å²) in [4.78, 5) is 14.6. The number of para-hydroxylation sites is 1. The molecular weight excluding hydrogens is 338 g/mol. The number of amides is 1. The summed E-state index contributed by atoms with van der Waals surface area (Å²) in [5.74, 6) is 0.0469. The number of carbonyl (C=O) groups excluding carboxylic acids is 1. The number of rotatable bonds is 7. The van der Waals surface area contributed by atoms with E-state index >= 15 is 0 Å². The Hall–Kier alpha value is -2.52. The summed E-state index contributed by atoms with van der Waals surface area (Å²) in [6.45, 7) is 2.15. The van der Waals surface area contributed by atoms with Crippen molar-refractivity contribution in [2.75, 3.05) is 5.32 Å². The minimum Gasteiger partial charge on any atom is -0.325 e. The molecule has 0 atom stereocenters. The maximum absolute atomic E-state index is 12.4. The number of hydrogen-bond acceptors (Lipinski definition) is 2. The van der Waals surface area contributed by atoms with Gasteiger partial charge in [-0.2, -0.15) is 0 Å². The molecule has 1 N–H and O–H groups in total. The second-order valence-corrected chi connectivity index (χ2v) is 7.24. The monoisotopic (exact) mass is 361 g/mol. The van der Waals surface area contributed by atoms with Gasteiger partial charge in [0.05, 0.1) is 5.69 Å². The first-order chi connectivity index (χ1) is 12.7. The van der Waals surface area contributed by atoms with Gasteiger partial charge in [0.2, 0.25) is 5.91 Å². The van der Waals surface area contributed by atoms with Crippen molar-refractivity contribution < 1.29 is 4.79 Å². The van der Waals surface area contributed by atoms with Gasteiger partial charge in [-0.05, 0) is 48.2 Å². The predicted octanol–water partition coefficient (Wildman–Crippen LogP) is 5.97. The van der Waals surface area contributed by atoms with Crippen molar-refractivity contribution in [3.05, 3.63) is 90.0 Å². The van der Waals surface area contributed by atoms with Gasteiger partial charge in [0, 0.05) is 16.2 Å². The summed E-state index contributed by atoms with van der Waals surface area (Å²) in [6.07, 6.45) is 2.27. The van der Waals surface area contributed by atoms with E-state index in [1.807, 2.05) is 42.5 Å². The summed E-state index contributed by atoms with van der Waals surface area (Å²) in [5.41, 5.74) is 3.39. The van der Waals surface area contributed by atoms with E-state index in [1.165, 1.54) is 11.1 Å². The van der Waals surface area contributed by atoms with Crippen molar-refractivity contribution in [2.24, 2.45) is 0 Å². The molecule has 3 rings (SSSR count). The molecule has 0 aromatic heterocycles. The van der Waals surface area contributed by atoms with Gasteiger partial charge in [0.25, 0.3) is 0 Å². The molecule has 0 fully saturated rings. The molecule has 0 unspecified atom stereocenters. The Morgan fingerprint density at radius 2 is 1.50 bits per heavy atom. The van der Waals surface area contributed by atoms with Crippen LogP contribution in [-0.4, -0.2) is 5.91 Å². The van der Waals surface area contributed by atoms with Gasteiger partial charge in [0.1, 0.15) is 0 Å². The third kappa shape index (κ3) is 5.24. The zero-order valence-corrected chi connectivity index (χ0v) is 15.8. The molecule has 3 heteroatoms. The van der Waals surface area contributed by atoms with E-state index in [9.17, 15) is 4.79 Å². The van der Waals surface area contributed by atoms with Crippen molar-refractivity contribution in [3.8, 4) is 0 Å². The van der Waals surface area contributed by atoms with Crippen molar-refractivity contribution >= 4 is 23.4 Å². The van der Waals surface area contributed by atoms with Crippen LogP contribution in [0.4, 0.5) is 5.69 Å². The Morgan fingerprint density at radius 3 is 2.23 bits per heavy atom. The van der Waals surface area contributed by atoms with Gasteiger partial charge in [-0.3, -0.25) is 4.79 Å². The molecule has 3 aromatic carbocycles. The highest BCUT2D eigenvalue weighted by Crippen LogP contribution is 2.33. The van der Waals surface area contributed by atoms with Crippen molar-refractivity contribution in [3.63, 3.8) is 0 Å². The number of nitrogens with one attached hydrogen (secondary N) is 1. The summed E-state index contributed by atoms with van der Waals surface area (Å²) in [6, 6.07) is 26.6. The van der Waals surface area contributed by atoms with E-state index < -0.39 is 0 Å². The SMILES string of the molecule is CCc1ccc(CCC(=O)Nc2ccccc2Sc2ccccc2)cc1. The van der Waals surface area contributed by atoms with Crippen LogP contribution in [0.5, 0.6) is 0 Å². The van der Waals surface area contributed by atoms with Gasteiger partial charge in [-0.15, -0.1) is 0 Å². The fourth-order valence-electron chi connectivity index (χ4n) is 2.69. The van der Waals surface area contributed by atoms with Crippen molar-refractivity contribution in [1.29, 1.82) is 0 Å². The number of benzene rings is 3. The Morgan fingerprint density at radius 1 is 0.846 bits per heavy atom. The van der Waals surface area contributed by atoms with Crippen molar-refractivity contribution in [1.82, 2.24) is 0 Å². The number of anilines is 1. The fraction of sp³-hybridized carbons (Fsp3) is 0.174. The second-order valence-electron chi connectivity index (χ2n) is 6.13. The van der Waals surface area contributed by atoms with E-state index in [4.69, 9.17) is 0 Å². The molecule has 132 valence electrons. The minimum absolute atomic E-state index is 0.0469. The van der Waals surface area contributed by atoms with Crippen LogP contribution < -0.4 is 5.32 Å². The molecule has 0 aliphatic carbocycles. The van der Waals surface area contributed by atoms with Gasteiger partial charge in [-0.25, -0.2) is 0 Å². The van der Waals surface area contributed by atoms with E-state index in [0.717, 1.165) is 28.3 Å². The molecule has 0 heterocycles. The van der Waals surface area contributed by atoms with Crippen molar-refractivity contribution in [2.45, 2.75) is 36.0 Å². The smallest absolute Gasteiger partial charge is 0.224 e. The molecule has 2 nitrogen and oxygen atoms in total. The molecular formula is C23H23NOS. The molecule has 1 amide bonds. The minimum atomic E-state index is 0.0469. The van der Waals surface area contributed by atoms with E-state index in [0.29, 0.717) is 6.42 Å². The quantitative estimate of drug-likeness (QED) is 0.561. The zero-order chi connectivity index (χ0) is 18.2. The van der Waals surface area contributed by atoms with E-state index in [2.05, 4.69) is 48.6 Å². The molecule has 0 radical (unpaired) electrons. The average molecular weight is 362 g/mol. The Labute approximate surface area is 159 Å². The molecule has 3 aromatic rings. The molecule has 0 aliphatic heterocycles. The third-order valence-electron chi connectivity index (χ3n) is 4.20. The standard InChI is InChI=1S/C23H23NOS/c1-2-18-12-14-19(15-13-18)16-17-23(25)24-21-10-6-7-11-22(21)26-20-8-4-3-5-9-20/h3-15H,2,16-17H2,1H3,(H,24,25). The van der Waals surface area contributed by atoms with Crippen LogP contribution in [0.3, 0.4) is 0 Å². The first-order valence-electron chi connectivity index (χ1n) is 8.94. The molecule has 26 heavy (non-hydrogen) atoms. The van der Waals surface area contributed by atoms with Crippen LogP contribution in [0.2, 0.25) is 0 Å². The van der Waals surface area contributed by atoms with Crippen LogP contribution in [0.15, 0.2) is 88.7 Å². The lowest BCUT2D eigenvalue weighted by Gasteiger charge is -2.11. The largest absolute Gasteiger partial charge is 0.325 e. The van der Waals surface area contributed by atoms with Crippen LogP contribution in [-0.2, 0) is 17.6 Å². The lowest BCUT2D eigenvalue weighted by molar-refractivity contribution is -0.116. The van der Waals surface area contributed by atoms with Crippen LogP contribution in [0, 0.1) is 0 Å². The highest BCUT2D eigenvalue weighted by molar-refractivity contribution is 7.99. The summed E-state index contributed by atoms with van der Waals surface area (Å²) in [7, 11) is 0. The highest BCUT2D eigenvalue weighted by Gasteiger charge is 2.08. The van der Waals surface area contributed by atoms with Gasteiger partial charge >= 0.3 is 0 Å². The summed E-state index contributed by atoms with van der Waals surface area (Å²) in [5, 5.41) is 3.06. The normalized spacial score (nSPS) is 10.5. The predicted molar refractivity (Wildman–Crippen MR) is 110 cm³/mol. The fourth-order valence-corrected chi connectivity index (χ4v) is 3.61. The Balaban J connectivity index is 1.60. The maximum Gasteiger partial charge on any atom is 0.224 e. The lowest BCUT2D eigenvalue weighted by Crippen LogP contribution is -2.13. The first kappa shape index (κ1) is 18.3. The van der Waals surface area contributed by atoms with E-state index in [-0.39, 0.29) is 5.91 Å². The third-order valence-corrected chi connectivity index (χ3v) is 5.29. The zero-order valence-electron chi connectivity index (χ0n) is 14.9. The number of aryl methyl sites for hydroxylation is 2. The Kier molecular flexibility index (Phi) is 6.50. The van der Waals surface area contributed by atoms with Crippen LogP contribution in [0.25, 0.3) is 0 Å². The average Bonchev–Trinajstić information content (AvgIpc) is 2.69. The topological polar surface area (TPSA) is 29.1 Å². The van der Waals surface area contributed by atoms with Gasteiger partial charge < -0.3 is 5.32 Å². The summed E-state index contributed by atoms with van der Waals surface area (Å²) >= 11 is 1.66. The molecule has 0 saturated carbocycles. The van der Waals surface area contributed by atoms with Crippen LogP contribution in [0.1, 0.15) is 24.5 Å². The Bertz CT molecular complexity index is 844. The molecule has 0 bridgehead atoms.